The van der Waals surface area contributed by atoms with Gasteiger partial charge < -0.3 is 0 Å². The smallest absolute Gasteiger partial charge is 0.237 e. The van der Waals surface area contributed by atoms with Gasteiger partial charge in [-0.15, -0.1) is 0 Å². The summed E-state index contributed by atoms with van der Waals surface area (Å²) in [5, 5.41) is 0. The second kappa shape index (κ2) is 2.33. The highest BCUT2D eigenvalue weighted by Crippen LogP contribution is 1.68. The first-order valence-corrected chi connectivity index (χ1v) is 1.26. The van der Waals surface area contributed by atoms with Crippen LogP contribution in [0.1, 0.15) is 0 Å². The van der Waals surface area contributed by atoms with Gasteiger partial charge in [0.1, 0.15) is 0 Å². The number of carbonyl (C=O) groups excluding carboxylic acids is 2. The van der Waals surface area contributed by atoms with Gasteiger partial charge in [0.05, 0.1) is 5.57 Å². The zero-order chi connectivity index (χ0) is 4.99. The molecule has 2 heteroatoms. The lowest BCUT2D eigenvalue weighted by Gasteiger charge is -1.61. The summed E-state index contributed by atoms with van der Waals surface area (Å²) in [5.41, 5.74) is -0.269. The van der Waals surface area contributed by atoms with Crippen LogP contribution in [0.25, 0.3) is 0 Å². The lowest BCUT2D eigenvalue weighted by Crippen LogP contribution is -1.78. The largest absolute Gasteiger partial charge is 0.285 e. The first-order chi connectivity index (χ1) is 2.81. The zero-order valence-corrected chi connectivity index (χ0v) is 3.02. The Labute approximate surface area is 35.5 Å². The molecule has 0 aliphatic rings. The highest BCUT2D eigenvalue weighted by atomic mass is 16.1. The van der Waals surface area contributed by atoms with Crippen molar-refractivity contribution in [3.8, 4) is 0 Å². The van der Waals surface area contributed by atoms with Crippen LogP contribution < -0.4 is 0 Å². The predicted molar refractivity (Wildman–Crippen MR) is 20.5 cm³/mol. The van der Waals surface area contributed by atoms with Gasteiger partial charge in [0.15, 0.2) is 0 Å². The molecule has 0 atom stereocenters. The summed E-state index contributed by atoms with van der Waals surface area (Å²) in [6.45, 7) is 2.94. The van der Waals surface area contributed by atoms with Gasteiger partial charge in [-0.25, -0.2) is 0 Å². The maximum atomic E-state index is 9.25. The van der Waals surface area contributed by atoms with Gasteiger partial charge in [0.25, 0.3) is 0 Å². The van der Waals surface area contributed by atoms with E-state index >= 15 is 0 Å². The van der Waals surface area contributed by atoms with Crippen molar-refractivity contribution >= 4 is 12.6 Å². The molecule has 0 saturated carbocycles. The molecule has 0 rings (SSSR count). The fourth-order valence-electron chi connectivity index (χ4n) is 0.0208. The molecule has 6 heavy (non-hydrogen) atoms. The van der Waals surface area contributed by atoms with Gasteiger partial charge in [0.2, 0.25) is 12.6 Å². The molecule has 2 nitrogen and oxygen atoms in total. The molecule has 0 saturated heterocycles. The van der Waals surface area contributed by atoms with Crippen LogP contribution in [-0.4, -0.2) is 12.6 Å². The molecule has 0 bridgehead atoms. The first kappa shape index (κ1) is 5.08. The van der Waals surface area contributed by atoms with E-state index in [0.717, 1.165) is 0 Å². The topological polar surface area (TPSA) is 34.1 Å². The molecule has 0 amide bonds. The molecule has 0 spiro atoms. The monoisotopic (exact) mass is 82.0 g/mol. The van der Waals surface area contributed by atoms with Crippen molar-refractivity contribution in [3.05, 3.63) is 12.2 Å². The third-order valence-corrected chi connectivity index (χ3v) is 0.246. The second-order valence-electron chi connectivity index (χ2n) is 0.683. The van der Waals surface area contributed by atoms with E-state index in [1.54, 1.807) is 0 Å². The van der Waals surface area contributed by atoms with E-state index in [9.17, 15) is 9.59 Å². The highest BCUT2D eigenvalue weighted by molar-refractivity contribution is 5.98. The minimum atomic E-state index is -0.269. The third kappa shape index (κ3) is 1.40. The van der Waals surface area contributed by atoms with Gasteiger partial charge in [0, 0.05) is 0 Å². The summed E-state index contributed by atoms with van der Waals surface area (Å²) in [6.07, 6.45) is 2.49. The van der Waals surface area contributed by atoms with Crippen LogP contribution in [0.15, 0.2) is 12.2 Å². The average Bonchev–Trinajstić information content (AvgIpc) is 1.65. The van der Waals surface area contributed by atoms with Crippen molar-refractivity contribution in [2.45, 2.75) is 0 Å². The SMILES string of the molecule is C=C([C]=O)[C]=O. The maximum Gasteiger partial charge on any atom is 0.237 e. The van der Waals surface area contributed by atoms with Gasteiger partial charge in [-0.1, -0.05) is 6.58 Å². The Bertz CT molecular complexity index is 73.5. The van der Waals surface area contributed by atoms with Gasteiger partial charge >= 0.3 is 0 Å². The van der Waals surface area contributed by atoms with Gasteiger partial charge in [-0.05, 0) is 0 Å². The zero-order valence-electron chi connectivity index (χ0n) is 3.02. The fraction of sp³-hybridized carbons (Fsp3) is 0. The second-order valence-corrected chi connectivity index (χ2v) is 0.683. The summed E-state index contributed by atoms with van der Waals surface area (Å²) >= 11 is 0. The number of allylic oxidation sites excluding steroid dienone is 1. The quantitative estimate of drug-likeness (QED) is 0.262. The van der Waals surface area contributed by atoms with Crippen LogP contribution in [0.2, 0.25) is 0 Å². The van der Waals surface area contributed by atoms with E-state index in [0.29, 0.717) is 0 Å². The van der Waals surface area contributed by atoms with Crippen molar-refractivity contribution in [1.29, 1.82) is 0 Å². The van der Waals surface area contributed by atoms with Crippen molar-refractivity contribution in [2.24, 2.45) is 0 Å². The van der Waals surface area contributed by atoms with Crippen LogP contribution in [0.3, 0.4) is 0 Å². The standard InChI is InChI=1S/C4H2O2/c1-4(2-5)3-6/h1H2. The Balaban J connectivity index is 3.52. The van der Waals surface area contributed by atoms with E-state index in [4.69, 9.17) is 0 Å². The van der Waals surface area contributed by atoms with Crippen LogP contribution in [0.4, 0.5) is 0 Å². The summed E-state index contributed by atoms with van der Waals surface area (Å²) in [6, 6.07) is 0. The van der Waals surface area contributed by atoms with Crippen LogP contribution in [-0.2, 0) is 9.59 Å². The molecule has 30 valence electrons. The molecule has 0 heterocycles. The molecule has 0 aromatic heterocycles. The molecule has 0 fully saturated rings. The minimum absolute atomic E-state index is 0.269. The number of hydrogen-bond acceptors (Lipinski definition) is 2. The van der Waals surface area contributed by atoms with Crippen molar-refractivity contribution in [3.63, 3.8) is 0 Å². The predicted octanol–water partition coefficient (Wildman–Crippen LogP) is -0.238. The number of hydrogen-bond donors (Lipinski definition) is 0. The lowest BCUT2D eigenvalue weighted by atomic mass is 10.4. The Morgan fingerprint density at radius 2 is 1.67 bits per heavy atom. The minimum Gasteiger partial charge on any atom is -0.285 e. The first-order valence-electron chi connectivity index (χ1n) is 1.26. The van der Waals surface area contributed by atoms with Crippen molar-refractivity contribution < 1.29 is 9.59 Å². The van der Waals surface area contributed by atoms with E-state index in [-0.39, 0.29) is 5.57 Å². The third-order valence-electron chi connectivity index (χ3n) is 0.246. The molecule has 0 aliphatic heterocycles. The molecule has 0 aromatic carbocycles. The highest BCUT2D eigenvalue weighted by Gasteiger charge is 1.82. The molecule has 0 aromatic rings. The summed E-state index contributed by atoms with van der Waals surface area (Å²) in [5.74, 6) is 0. The molecule has 2 radical (unpaired) electrons. The van der Waals surface area contributed by atoms with Crippen LogP contribution >= 0.6 is 0 Å². The summed E-state index contributed by atoms with van der Waals surface area (Å²) < 4.78 is 0. The fourth-order valence-corrected chi connectivity index (χ4v) is 0.0208. The van der Waals surface area contributed by atoms with Crippen molar-refractivity contribution in [1.82, 2.24) is 0 Å². The Kier molecular flexibility index (Phi) is 1.97. The Morgan fingerprint density at radius 1 is 1.33 bits per heavy atom. The van der Waals surface area contributed by atoms with Crippen molar-refractivity contribution in [2.75, 3.05) is 0 Å². The summed E-state index contributed by atoms with van der Waals surface area (Å²) in [4.78, 5) is 18.5. The normalized spacial score (nSPS) is 6.67. The van der Waals surface area contributed by atoms with E-state index < -0.39 is 0 Å². The van der Waals surface area contributed by atoms with Crippen LogP contribution in [0, 0.1) is 0 Å². The average molecular weight is 82.1 g/mol. The van der Waals surface area contributed by atoms with E-state index in [1.165, 1.54) is 12.6 Å². The van der Waals surface area contributed by atoms with E-state index in [2.05, 4.69) is 6.58 Å². The van der Waals surface area contributed by atoms with Crippen LogP contribution in [0.5, 0.6) is 0 Å². The Hall–Kier alpha value is -0.920. The molecule has 0 N–H and O–H groups in total. The number of rotatable bonds is 2. The van der Waals surface area contributed by atoms with Gasteiger partial charge in [-0.3, -0.25) is 9.59 Å². The summed E-state index contributed by atoms with van der Waals surface area (Å²) in [7, 11) is 0. The molecular weight excluding hydrogens is 80.0 g/mol. The van der Waals surface area contributed by atoms with E-state index in [1.807, 2.05) is 0 Å². The maximum absolute atomic E-state index is 9.25. The molecule has 0 aliphatic carbocycles. The lowest BCUT2D eigenvalue weighted by molar-refractivity contribution is 0.554. The Morgan fingerprint density at radius 3 is 1.67 bits per heavy atom. The molecular formula is C4H2O2. The van der Waals surface area contributed by atoms with Gasteiger partial charge in [-0.2, -0.15) is 0 Å². The molecule has 0 unspecified atom stereocenters.